The molecule has 1 heterocycles. The lowest BCUT2D eigenvalue weighted by molar-refractivity contribution is -0.113. The number of methoxy groups -OCH3 is 1. The van der Waals surface area contributed by atoms with Crippen LogP contribution in [0.15, 0.2) is 59.6 Å². The summed E-state index contributed by atoms with van der Waals surface area (Å²) in [5, 5.41) is 3.68. The Bertz CT molecular complexity index is 942. The molecular formula is C21H21N3O2S. The second-order valence-electron chi connectivity index (χ2n) is 6.11. The molecule has 0 aliphatic rings. The van der Waals surface area contributed by atoms with Crippen molar-refractivity contribution < 1.29 is 9.53 Å². The average molecular weight is 379 g/mol. The molecule has 0 saturated heterocycles. The molecule has 3 aromatic rings. The van der Waals surface area contributed by atoms with E-state index in [4.69, 9.17) is 4.74 Å². The fourth-order valence-electron chi connectivity index (χ4n) is 2.54. The monoisotopic (exact) mass is 379 g/mol. The Morgan fingerprint density at radius 1 is 1.07 bits per heavy atom. The van der Waals surface area contributed by atoms with E-state index in [1.807, 2.05) is 68.4 Å². The first-order chi connectivity index (χ1) is 13.0. The molecule has 0 bridgehead atoms. The summed E-state index contributed by atoms with van der Waals surface area (Å²) in [6.45, 7) is 3.92. The van der Waals surface area contributed by atoms with Gasteiger partial charge in [0.2, 0.25) is 5.91 Å². The minimum absolute atomic E-state index is 0.0622. The minimum atomic E-state index is -0.0622. The van der Waals surface area contributed by atoms with E-state index in [9.17, 15) is 4.79 Å². The zero-order valence-corrected chi connectivity index (χ0v) is 16.3. The normalized spacial score (nSPS) is 10.5. The van der Waals surface area contributed by atoms with E-state index >= 15 is 0 Å². The summed E-state index contributed by atoms with van der Waals surface area (Å²) in [6, 6.07) is 17.2. The molecule has 1 N–H and O–H groups in total. The van der Waals surface area contributed by atoms with Gasteiger partial charge in [-0.05, 0) is 61.9 Å². The van der Waals surface area contributed by atoms with Crippen molar-refractivity contribution in [3.05, 3.63) is 65.9 Å². The molecule has 3 rings (SSSR count). The topological polar surface area (TPSA) is 64.1 Å². The van der Waals surface area contributed by atoms with E-state index in [-0.39, 0.29) is 11.7 Å². The predicted octanol–water partition coefficient (Wildman–Crippen LogP) is 4.50. The highest BCUT2D eigenvalue weighted by molar-refractivity contribution is 7.99. The number of carbonyl (C=O) groups is 1. The van der Waals surface area contributed by atoms with Gasteiger partial charge in [-0.25, -0.2) is 9.97 Å². The van der Waals surface area contributed by atoms with E-state index < -0.39 is 0 Å². The van der Waals surface area contributed by atoms with Crippen LogP contribution >= 0.6 is 11.8 Å². The minimum Gasteiger partial charge on any atom is -0.497 e. The van der Waals surface area contributed by atoms with Crippen molar-refractivity contribution in [2.45, 2.75) is 18.9 Å². The zero-order chi connectivity index (χ0) is 19.2. The van der Waals surface area contributed by atoms with Gasteiger partial charge in [0.05, 0.1) is 12.9 Å². The number of ether oxygens (including phenoxy) is 1. The van der Waals surface area contributed by atoms with Crippen LogP contribution < -0.4 is 10.1 Å². The van der Waals surface area contributed by atoms with Gasteiger partial charge in [0.25, 0.3) is 0 Å². The molecule has 1 amide bonds. The molecule has 0 aliphatic heterocycles. The Kier molecular flexibility index (Phi) is 6.08. The van der Waals surface area contributed by atoms with Crippen molar-refractivity contribution in [1.29, 1.82) is 0 Å². The van der Waals surface area contributed by atoms with Crippen LogP contribution in [-0.2, 0) is 4.79 Å². The largest absolute Gasteiger partial charge is 0.497 e. The standard InChI is InChI=1S/C21H21N3O2S/c1-14-5-4-6-17(11-14)23-19(25)13-27-20-12-15(2)22-21(24-20)16-7-9-18(26-3)10-8-16/h4-12H,13H2,1-3H3,(H,23,25). The lowest BCUT2D eigenvalue weighted by atomic mass is 10.2. The molecule has 0 spiro atoms. The van der Waals surface area contributed by atoms with Gasteiger partial charge in [0, 0.05) is 16.9 Å². The average Bonchev–Trinajstić information content (AvgIpc) is 2.66. The van der Waals surface area contributed by atoms with Crippen LogP contribution in [0.25, 0.3) is 11.4 Å². The predicted molar refractivity (Wildman–Crippen MR) is 109 cm³/mol. The van der Waals surface area contributed by atoms with Crippen LogP contribution in [0.1, 0.15) is 11.3 Å². The van der Waals surface area contributed by atoms with Crippen molar-refractivity contribution in [2.75, 3.05) is 18.2 Å². The third-order valence-electron chi connectivity index (χ3n) is 3.83. The fraction of sp³-hybridized carbons (Fsp3) is 0.190. The first kappa shape index (κ1) is 18.9. The first-order valence-electron chi connectivity index (χ1n) is 8.53. The van der Waals surface area contributed by atoms with E-state index in [0.717, 1.165) is 33.3 Å². The molecular weight excluding hydrogens is 358 g/mol. The van der Waals surface area contributed by atoms with Crippen molar-refractivity contribution in [1.82, 2.24) is 9.97 Å². The summed E-state index contributed by atoms with van der Waals surface area (Å²) in [7, 11) is 1.63. The number of aromatic nitrogens is 2. The lowest BCUT2D eigenvalue weighted by Crippen LogP contribution is -2.14. The van der Waals surface area contributed by atoms with Crippen molar-refractivity contribution in [3.8, 4) is 17.1 Å². The maximum absolute atomic E-state index is 12.2. The van der Waals surface area contributed by atoms with Crippen molar-refractivity contribution in [2.24, 2.45) is 0 Å². The summed E-state index contributed by atoms with van der Waals surface area (Å²) < 4.78 is 5.18. The highest BCUT2D eigenvalue weighted by Crippen LogP contribution is 2.23. The third-order valence-corrected chi connectivity index (χ3v) is 4.74. The van der Waals surface area contributed by atoms with E-state index in [2.05, 4.69) is 15.3 Å². The number of amides is 1. The van der Waals surface area contributed by atoms with Crippen LogP contribution in [-0.4, -0.2) is 28.7 Å². The number of benzene rings is 2. The second-order valence-corrected chi connectivity index (χ2v) is 7.10. The van der Waals surface area contributed by atoms with Gasteiger partial charge in [0.15, 0.2) is 5.82 Å². The molecule has 6 heteroatoms. The molecule has 1 aromatic heterocycles. The molecule has 0 atom stereocenters. The van der Waals surface area contributed by atoms with Crippen LogP contribution in [0.2, 0.25) is 0 Å². The molecule has 27 heavy (non-hydrogen) atoms. The molecule has 138 valence electrons. The van der Waals surface area contributed by atoms with Gasteiger partial charge in [-0.3, -0.25) is 4.79 Å². The lowest BCUT2D eigenvalue weighted by Gasteiger charge is -2.08. The molecule has 0 unspecified atom stereocenters. The number of nitrogens with zero attached hydrogens (tertiary/aromatic N) is 2. The number of hydrogen-bond acceptors (Lipinski definition) is 5. The maximum Gasteiger partial charge on any atom is 0.234 e. The van der Waals surface area contributed by atoms with Crippen LogP contribution in [0.5, 0.6) is 5.75 Å². The molecule has 0 saturated carbocycles. The number of thioether (sulfide) groups is 1. The summed E-state index contributed by atoms with van der Waals surface area (Å²) in [5.41, 5.74) is 3.68. The van der Waals surface area contributed by atoms with Gasteiger partial charge in [-0.15, -0.1) is 0 Å². The van der Waals surface area contributed by atoms with Crippen LogP contribution in [0.3, 0.4) is 0 Å². The first-order valence-corrected chi connectivity index (χ1v) is 9.51. The maximum atomic E-state index is 12.2. The number of carbonyl (C=O) groups excluding carboxylic acids is 1. The number of aryl methyl sites for hydroxylation is 2. The Morgan fingerprint density at radius 3 is 2.56 bits per heavy atom. The number of anilines is 1. The van der Waals surface area contributed by atoms with Crippen LogP contribution in [0.4, 0.5) is 5.69 Å². The fourth-order valence-corrected chi connectivity index (χ4v) is 3.30. The Hall–Kier alpha value is -2.86. The van der Waals surface area contributed by atoms with E-state index in [1.54, 1.807) is 7.11 Å². The summed E-state index contributed by atoms with van der Waals surface area (Å²) in [5.74, 6) is 1.65. The molecule has 0 radical (unpaired) electrons. The van der Waals surface area contributed by atoms with Crippen molar-refractivity contribution >= 4 is 23.4 Å². The quantitative estimate of drug-likeness (QED) is 0.505. The highest BCUT2D eigenvalue weighted by Gasteiger charge is 2.09. The van der Waals surface area contributed by atoms with E-state index in [0.29, 0.717) is 5.82 Å². The Labute approximate surface area is 163 Å². The summed E-state index contributed by atoms with van der Waals surface area (Å²) >= 11 is 1.39. The Balaban J connectivity index is 1.67. The highest BCUT2D eigenvalue weighted by atomic mass is 32.2. The SMILES string of the molecule is COc1ccc(-c2nc(C)cc(SCC(=O)Nc3cccc(C)c3)n2)cc1. The molecule has 2 aromatic carbocycles. The summed E-state index contributed by atoms with van der Waals surface area (Å²) in [6.07, 6.45) is 0. The molecule has 0 fully saturated rings. The van der Waals surface area contributed by atoms with E-state index in [1.165, 1.54) is 11.8 Å². The number of hydrogen-bond donors (Lipinski definition) is 1. The number of nitrogens with one attached hydrogen (secondary N) is 1. The molecule has 0 aliphatic carbocycles. The number of rotatable bonds is 6. The van der Waals surface area contributed by atoms with Gasteiger partial charge in [0.1, 0.15) is 10.8 Å². The van der Waals surface area contributed by atoms with Gasteiger partial charge in [-0.1, -0.05) is 23.9 Å². The molecule has 5 nitrogen and oxygen atoms in total. The van der Waals surface area contributed by atoms with Gasteiger partial charge in [-0.2, -0.15) is 0 Å². The smallest absolute Gasteiger partial charge is 0.234 e. The van der Waals surface area contributed by atoms with Gasteiger partial charge >= 0.3 is 0 Å². The third kappa shape index (κ3) is 5.31. The zero-order valence-electron chi connectivity index (χ0n) is 15.5. The van der Waals surface area contributed by atoms with Crippen LogP contribution in [0, 0.1) is 13.8 Å². The van der Waals surface area contributed by atoms with Gasteiger partial charge < -0.3 is 10.1 Å². The Morgan fingerprint density at radius 2 is 1.85 bits per heavy atom. The second kappa shape index (κ2) is 8.68. The van der Waals surface area contributed by atoms with Crippen molar-refractivity contribution in [3.63, 3.8) is 0 Å². The summed E-state index contributed by atoms with van der Waals surface area (Å²) in [4.78, 5) is 21.3.